The van der Waals surface area contributed by atoms with E-state index in [0.29, 0.717) is 13.0 Å². The van der Waals surface area contributed by atoms with Crippen molar-refractivity contribution in [1.29, 1.82) is 0 Å². The lowest BCUT2D eigenvalue weighted by atomic mass is 10.2. The monoisotopic (exact) mass is 215 g/mol. The van der Waals surface area contributed by atoms with E-state index in [4.69, 9.17) is 10.5 Å². The Hall–Kier alpha value is -0.650. The summed E-state index contributed by atoms with van der Waals surface area (Å²) in [5, 5.41) is 2.83. The Labute approximate surface area is 90.9 Å². The smallest absolute Gasteiger partial charge is 0.236 e. The molecule has 1 fully saturated rings. The third-order valence-corrected chi connectivity index (χ3v) is 2.61. The van der Waals surface area contributed by atoms with Crippen LogP contribution < -0.4 is 11.1 Å². The van der Waals surface area contributed by atoms with E-state index in [9.17, 15) is 4.79 Å². The minimum absolute atomic E-state index is 0.0502. The zero-order chi connectivity index (χ0) is 11.1. The molecule has 1 aliphatic rings. The molecule has 5 nitrogen and oxygen atoms in total. The SMILES string of the molecule is CC[C@@H](N)C(=O)NCCN1CCOCC1. The summed E-state index contributed by atoms with van der Waals surface area (Å²) in [6.07, 6.45) is 0.684. The highest BCUT2D eigenvalue weighted by atomic mass is 16.5. The second-order valence-corrected chi connectivity index (χ2v) is 3.76. The zero-order valence-corrected chi connectivity index (χ0v) is 9.37. The molecule has 0 aliphatic carbocycles. The van der Waals surface area contributed by atoms with Gasteiger partial charge in [0.2, 0.25) is 5.91 Å². The van der Waals surface area contributed by atoms with E-state index in [1.807, 2.05) is 6.92 Å². The molecule has 88 valence electrons. The summed E-state index contributed by atoms with van der Waals surface area (Å²) >= 11 is 0. The Morgan fingerprint density at radius 3 is 2.80 bits per heavy atom. The third-order valence-electron chi connectivity index (χ3n) is 2.61. The number of hydrogen-bond donors (Lipinski definition) is 2. The fraction of sp³-hybridized carbons (Fsp3) is 0.900. The largest absolute Gasteiger partial charge is 0.379 e. The molecule has 1 saturated heterocycles. The van der Waals surface area contributed by atoms with Crippen LogP contribution in [0.1, 0.15) is 13.3 Å². The Kier molecular flexibility index (Phi) is 5.60. The van der Waals surface area contributed by atoms with Crippen LogP contribution in [0.5, 0.6) is 0 Å². The first-order chi connectivity index (χ1) is 7.24. The van der Waals surface area contributed by atoms with Crippen molar-refractivity contribution in [1.82, 2.24) is 10.2 Å². The summed E-state index contributed by atoms with van der Waals surface area (Å²) in [7, 11) is 0. The first-order valence-corrected chi connectivity index (χ1v) is 5.57. The molecule has 15 heavy (non-hydrogen) atoms. The minimum Gasteiger partial charge on any atom is -0.379 e. The van der Waals surface area contributed by atoms with E-state index < -0.39 is 0 Å². The van der Waals surface area contributed by atoms with Crippen LogP contribution in [-0.2, 0) is 9.53 Å². The summed E-state index contributed by atoms with van der Waals surface area (Å²) in [4.78, 5) is 13.6. The molecule has 0 unspecified atom stereocenters. The van der Waals surface area contributed by atoms with E-state index >= 15 is 0 Å². The van der Waals surface area contributed by atoms with E-state index in [0.717, 1.165) is 32.8 Å². The van der Waals surface area contributed by atoms with E-state index in [1.54, 1.807) is 0 Å². The molecule has 0 aromatic heterocycles. The lowest BCUT2D eigenvalue weighted by molar-refractivity contribution is -0.122. The van der Waals surface area contributed by atoms with Gasteiger partial charge in [-0.1, -0.05) is 6.92 Å². The summed E-state index contributed by atoms with van der Waals surface area (Å²) in [6.45, 7) is 6.96. The fourth-order valence-electron chi connectivity index (χ4n) is 1.48. The van der Waals surface area contributed by atoms with Gasteiger partial charge in [-0.15, -0.1) is 0 Å². The molecular formula is C10H21N3O2. The molecule has 0 aromatic carbocycles. The predicted octanol–water partition coefficient (Wildman–Crippen LogP) is -0.828. The van der Waals surface area contributed by atoms with Crippen LogP contribution in [0, 0.1) is 0 Å². The van der Waals surface area contributed by atoms with Crippen molar-refractivity contribution in [3.05, 3.63) is 0 Å². The van der Waals surface area contributed by atoms with Gasteiger partial charge in [0.15, 0.2) is 0 Å². The molecule has 1 amide bonds. The Bertz CT molecular complexity index is 193. The number of hydrogen-bond acceptors (Lipinski definition) is 4. The van der Waals surface area contributed by atoms with Crippen LogP contribution in [0.4, 0.5) is 0 Å². The fourth-order valence-corrected chi connectivity index (χ4v) is 1.48. The van der Waals surface area contributed by atoms with Crippen molar-refractivity contribution in [3.8, 4) is 0 Å². The van der Waals surface area contributed by atoms with Gasteiger partial charge < -0.3 is 15.8 Å². The second kappa shape index (κ2) is 6.76. The molecule has 1 aliphatic heterocycles. The predicted molar refractivity (Wildman–Crippen MR) is 58.5 cm³/mol. The summed E-state index contributed by atoms with van der Waals surface area (Å²) in [5.41, 5.74) is 5.59. The number of nitrogens with zero attached hydrogens (tertiary/aromatic N) is 1. The molecule has 1 heterocycles. The number of rotatable bonds is 5. The minimum atomic E-state index is -0.366. The number of carbonyl (C=O) groups is 1. The maximum Gasteiger partial charge on any atom is 0.236 e. The Morgan fingerprint density at radius 2 is 2.20 bits per heavy atom. The molecule has 5 heteroatoms. The maximum atomic E-state index is 11.3. The van der Waals surface area contributed by atoms with Crippen LogP contribution in [0.25, 0.3) is 0 Å². The number of nitrogens with two attached hydrogens (primary N) is 1. The zero-order valence-electron chi connectivity index (χ0n) is 9.37. The highest BCUT2D eigenvalue weighted by Gasteiger charge is 2.12. The number of morpholine rings is 1. The second-order valence-electron chi connectivity index (χ2n) is 3.76. The molecule has 1 rings (SSSR count). The van der Waals surface area contributed by atoms with Crippen molar-refractivity contribution < 1.29 is 9.53 Å². The molecule has 0 aromatic rings. The standard InChI is InChI=1S/C10H21N3O2/c1-2-9(11)10(14)12-3-4-13-5-7-15-8-6-13/h9H,2-8,11H2,1H3,(H,12,14)/t9-/m1/s1. The van der Waals surface area contributed by atoms with Crippen molar-refractivity contribution in [2.24, 2.45) is 5.73 Å². The quantitative estimate of drug-likeness (QED) is 0.628. The summed E-state index contributed by atoms with van der Waals surface area (Å²) in [5.74, 6) is -0.0502. The Morgan fingerprint density at radius 1 is 1.53 bits per heavy atom. The van der Waals surface area contributed by atoms with E-state index in [1.165, 1.54) is 0 Å². The van der Waals surface area contributed by atoms with Gasteiger partial charge in [-0.25, -0.2) is 0 Å². The summed E-state index contributed by atoms with van der Waals surface area (Å²) < 4.78 is 5.23. The summed E-state index contributed by atoms with van der Waals surface area (Å²) in [6, 6.07) is -0.366. The molecule has 0 spiro atoms. The number of ether oxygens (including phenoxy) is 1. The van der Waals surface area contributed by atoms with Crippen molar-refractivity contribution in [3.63, 3.8) is 0 Å². The van der Waals surface area contributed by atoms with Crippen molar-refractivity contribution >= 4 is 5.91 Å². The normalized spacial score (nSPS) is 19.9. The van der Waals surface area contributed by atoms with Crippen LogP contribution in [-0.4, -0.2) is 56.2 Å². The first kappa shape index (κ1) is 12.4. The molecule has 1 atom stereocenters. The van der Waals surface area contributed by atoms with Gasteiger partial charge in [-0.2, -0.15) is 0 Å². The van der Waals surface area contributed by atoms with Crippen LogP contribution in [0.3, 0.4) is 0 Å². The maximum absolute atomic E-state index is 11.3. The van der Waals surface area contributed by atoms with Gasteiger partial charge in [-0.3, -0.25) is 9.69 Å². The number of amides is 1. The van der Waals surface area contributed by atoms with Crippen molar-refractivity contribution in [2.45, 2.75) is 19.4 Å². The third kappa shape index (κ3) is 4.59. The van der Waals surface area contributed by atoms with Crippen LogP contribution in [0.15, 0.2) is 0 Å². The van der Waals surface area contributed by atoms with Gasteiger partial charge in [0.25, 0.3) is 0 Å². The molecule has 0 saturated carbocycles. The lowest BCUT2D eigenvalue weighted by Crippen LogP contribution is -2.45. The highest BCUT2D eigenvalue weighted by Crippen LogP contribution is 1.94. The molecule has 0 radical (unpaired) electrons. The highest BCUT2D eigenvalue weighted by molar-refractivity contribution is 5.81. The lowest BCUT2D eigenvalue weighted by Gasteiger charge is -2.26. The average molecular weight is 215 g/mol. The van der Waals surface area contributed by atoms with Gasteiger partial charge >= 0.3 is 0 Å². The van der Waals surface area contributed by atoms with Crippen molar-refractivity contribution in [2.75, 3.05) is 39.4 Å². The molecule has 0 bridgehead atoms. The van der Waals surface area contributed by atoms with Crippen LogP contribution >= 0.6 is 0 Å². The van der Waals surface area contributed by atoms with Gasteiger partial charge in [0, 0.05) is 26.2 Å². The topological polar surface area (TPSA) is 67.6 Å². The van der Waals surface area contributed by atoms with Gasteiger partial charge in [0.05, 0.1) is 19.3 Å². The molecule has 3 N–H and O–H groups in total. The van der Waals surface area contributed by atoms with Gasteiger partial charge in [-0.05, 0) is 6.42 Å². The number of carbonyl (C=O) groups excluding carboxylic acids is 1. The first-order valence-electron chi connectivity index (χ1n) is 5.57. The van der Waals surface area contributed by atoms with E-state index in [-0.39, 0.29) is 11.9 Å². The number of nitrogens with one attached hydrogen (secondary N) is 1. The average Bonchev–Trinajstić information content (AvgIpc) is 2.29. The van der Waals surface area contributed by atoms with E-state index in [2.05, 4.69) is 10.2 Å². The Balaban J connectivity index is 2.07. The molecular weight excluding hydrogens is 194 g/mol. The van der Waals surface area contributed by atoms with Crippen LogP contribution in [0.2, 0.25) is 0 Å². The van der Waals surface area contributed by atoms with Gasteiger partial charge in [0.1, 0.15) is 0 Å².